The van der Waals surface area contributed by atoms with Crippen LogP contribution in [0.25, 0.3) is 11.0 Å². The molecule has 2 aromatic rings. The summed E-state index contributed by atoms with van der Waals surface area (Å²) in [6.45, 7) is 11.3. The van der Waals surface area contributed by atoms with E-state index in [1.165, 1.54) is 23.8 Å². The van der Waals surface area contributed by atoms with Crippen LogP contribution in [-0.2, 0) is 6.42 Å². The number of fused-ring (bicyclic) bond motifs is 1. The number of rotatable bonds is 7. The Hall–Kier alpha value is -1.28. The van der Waals surface area contributed by atoms with Crippen molar-refractivity contribution >= 4 is 11.0 Å². The molecule has 21 heavy (non-hydrogen) atoms. The van der Waals surface area contributed by atoms with E-state index in [0.29, 0.717) is 6.04 Å². The Balaban J connectivity index is 2.13. The van der Waals surface area contributed by atoms with Gasteiger partial charge in [0, 0.05) is 17.0 Å². The number of aryl methyl sites for hydroxylation is 1. The molecule has 2 rings (SSSR count). The van der Waals surface area contributed by atoms with Gasteiger partial charge in [0.05, 0.1) is 6.04 Å². The van der Waals surface area contributed by atoms with Gasteiger partial charge in [0.2, 0.25) is 0 Å². The van der Waals surface area contributed by atoms with Crippen molar-refractivity contribution in [2.24, 2.45) is 5.92 Å². The first-order valence-corrected chi connectivity index (χ1v) is 8.29. The first-order valence-electron chi connectivity index (χ1n) is 8.29. The van der Waals surface area contributed by atoms with Gasteiger partial charge >= 0.3 is 0 Å². The number of para-hydroxylation sites is 1. The molecule has 0 fully saturated rings. The summed E-state index contributed by atoms with van der Waals surface area (Å²) in [7, 11) is 0. The molecular formula is C19H29NO. The van der Waals surface area contributed by atoms with Gasteiger partial charge in [-0.25, -0.2) is 0 Å². The summed E-state index contributed by atoms with van der Waals surface area (Å²) in [5, 5.41) is 4.96. The Morgan fingerprint density at radius 1 is 1.05 bits per heavy atom. The third-order valence-electron chi connectivity index (χ3n) is 4.19. The molecular weight excluding hydrogens is 258 g/mol. The fourth-order valence-electron chi connectivity index (χ4n) is 3.00. The molecule has 1 N–H and O–H groups in total. The minimum atomic E-state index is 0.259. The number of hydrogen-bond donors (Lipinski definition) is 1. The van der Waals surface area contributed by atoms with Gasteiger partial charge in [-0.2, -0.15) is 0 Å². The third kappa shape index (κ3) is 3.88. The van der Waals surface area contributed by atoms with Crippen LogP contribution in [-0.4, -0.2) is 6.04 Å². The number of furan rings is 1. The van der Waals surface area contributed by atoms with Gasteiger partial charge in [-0.3, -0.25) is 0 Å². The molecule has 0 amide bonds. The maximum atomic E-state index is 6.12. The third-order valence-corrected chi connectivity index (χ3v) is 4.19. The predicted octanol–water partition coefficient (Wildman–Crippen LogP) is 5.47. The van der Waals surface area contributed by atoms with E-state index in [0.717, 1.165) is 23.7 Å². The zero-order chi connectivity index (χ0) is 15.4. The summed E-state index contributed by atoms with van der Waals surface area (Å²) in [6, 6.07) is 9.13. The second-order valence-electron chi connectivity index (χ2n) is 6.56. The molecule has 116 valence electrons. The highest BCUT2D eigenvalue weighted by Crippen LogP contribution is 2.30. The quantitative estimate of drug-likeness (QED) is 0.730. The van der Waals surface area contributed by atoms with Crippen molar-refractivity contribution in [1.82, 2.24) is 5.32 Å². The van der Waals surface area contributed by atoms with E-state index < -0.39 is 0 Å². The summed E-state index contributed by atoms with van der Waals surface area (Å²) in [5.74, 6) is 1.87. The van der Waals surface area contributed by atoms with Crippen molar-refractivity contribution in [3.63, 3.8) is 0 Å². The van der Waals surface area contributed by atoms with E-state index in [9.17, 15) is 0 Å². The van der Waals surface area contributed by atoms with E-state index in [-0.39, 0.29) is 6.04 Å². The number of benzene rings is 1. The zero-order valence-electron chi connectivity index (χ0n) is 14.1. The van der Waals surface area contributed by atoms with Crippen LogP contribution >= 0.6 is 0 Å². The highest BCUT2D eigenvalue weighted by molar-refractivity contribution is 5.82. The van der Waals surface area contributed by atoms with E-state index in [1.807, 2.05) is 6.07 Å². The fraction of sp³-hybridized carbons (Fsp3) is 0.579. The molecule has 2 unspecified atom stereocenters. The second-order valence-corrected chi connectivity index (χ2v) is 6.56. The molecule has 1 aromatic carbocycles. The van der Waals surface area contributed by atoms with Crippen LogP contribution < -0.4 is 5.32 Å². The molecule has 2 nitrogen and oxygen atoms in total. The van der Waals surface area contributed by atoms with Crippen LogP contribution in [0.2, 0.25) is 0 Å². The lowest BCUT2D eigenvalue weighted by Gasteiger charge is -2.20. The van der Waals surface area contributed by atoms with Gasteiger partial charge in [-0.05, 0) is 45.1 Å². The molecule has 0 saturated carbocycles. The summed E-state index contributed by atoms with van der Waals surface area (Å²) in [5.41, 5.74) is 2.36. The monoisotopic (exact) mass is 287 g/mol. The second kappa shape index (κ2) is 7.13. The van der Waals surface area contributed by atoms with Crippen LogP contribution in [0.3, 0.4) is 0 Å². The Labute approximate surface area is 128 Å². The zero-order valence-corrected chi connectivity index (χ0v) is 14.1. The van der Waals surface area contributed by atoms with Gasteiger partial charge in [0.1, 0.15) is 11.3 Å². The Bertz CT molecular complexity index is 570. The summed E-state index contributed by atoms with van der Waals surface area (Å²) in [6.07, 6.45) is 3.49. The largest absolute Gasteiger partial charge is 0.459 e. The SMILES string of the molecule is CCc1c(C(C)NC(C)CCC(C)C)oc2ccccc12. The number of hydrogen-bond acceptors (Lipinski definition) is 2. The van der Waals surface area contributed by atoms with E-state index in [2.05, 4.69) is 58.1 Å². The van der Waals surface area contributed by atoms with Gasteiger partial charge in [0.15, 0.2) is 0 Å². The van der Waals surface area contributed by atoms with Crippen molar-refractivity contribution in [1.29, 1.82) is 0 Å². The minimum Gasteiger partial charge on any atom is -0.459 e. The molecule has 0 aliphatic carbocycles. The summed E-state index contributed by atoms with van der Waals surface area (Å²) < 4.78 is 6.12. The molecule has 2 atom stereocenters. The molecule has 1 aromatic heterocycles. The average molecular weight is 287 g/mol. The molecule has 0 aliphatic heterocycles. The van der Waals surface area contributed by atoms with Crippen LogP contribution in [0.1, 0.15) is 64.8 Å². The molecule has 0 saturated heterocycles. The molecule has 0 bridgehead atoms. The Kier molecular flexibility index (Phi) is 5.46. The van der Waals surface area contributed by atoms with Crippen molar-refractivity contribution in [3.8, 4) is 0 Å². The van der Waals surface area contributed by atoms with Crippen LogP contribution in [0.5, 0.6) is 0 Å². The molecule has 2 heteroatoms. The van der Waals surface area contributed by atoms with Gasteiger partial charge in [-0.15, -0.1) is 0 Å². The lowest BCUT2D eigenvalue weighted by atomic mass is 10.0. The number of nitrogens with one attached hydrogen (secondary N) is 1. The topological polar surface area (TPSA) is 25.2 Å². The summed E-state index contributed by atoms with van der Waals surface area (Å²) in [4.78, 5) is 0. The highest BCUT2D eigenvalue weighted by Gasteiger charge is 2.19. The first kappa shape index (κ1) is 16.1. The first-order chi connectivity index (χ1) is 10.0. The van der Waals surface area contributed by atoms with E-state index in [1.54, 1.807) is 0 Å². The van der Waals surface area contributed by atoms with Crippen LogP contribution in [0.15, 0.2) is 28.7 Å². The molecule has 0 spiro atoms. The van der Waals surface area contributed by atoms with Crippen molar-refractivity contribution in [3.05, 3.63) is 35.6 Å². The fourth-order valence-corrected chi connectivity index (χ4v) is 3.00. The molecule has 0 radical (unpaired) electrons. The molecule has 1 heterocycles. The van der Waals surface area contributed by atoms with Crippen molar-refractivity contribution in [2.75, 3.05) is 0 Å². The lowest BCUT2D eigenvalue weighted by Crippen LogP contribution is -2.29. The molecule has 0 aliphatic rings. The van der Waals surface area contributed by atoms with Crippen molar-refractivity contribution in [2.45, 2.75) is 66.0 Å². The minimum absolute atomic E-state index is 0.259. The standard InChI is InChI=1S/C19H29NO/c1-6-16-17-9-7-8-10-18(17)21-19(16)15(5)20-14(4)12-11-13(2)3/h7-10,13-15,20H,6,11-12H2,1-5H3. The smallest absolute Gasteiger partial charge is 0.134 e. The van der Waals surface area contributed by atoms with Crippen molar-refractivity contribution < 1.29 is 4.42 Å². The van der Waals surface area contributed by atoms with E-state index >= 15 is 0 Å². The Morgan fingerprint density at radius 2 is 1.76 bits per heavy atom. The van der Waals surface area contributed by atoms with Gasteiger partial charge in [-0.1, -0.05) is 39.0 Å². The normalized spacial score (nSPS) is 14.8. The van der Waals surface area contributed by atoms with Crippen LogP contribution in [0, 0.1) is 5.92 Å². The van der Waals surface area contributed by atoms with E-state index in [4.69, 9.17) is 4.42 Å². The van der Waals surface area contributed by atoms with Crippen LogP contribution in [0.4, 0.5) is 0 Å². The average Bonchev–Trinajstić information content (AvgIpc) is 2.83. The predicted molar refractivity (Wildman–Crippen MR) is 90.7 cm³/mol. The Morgan fingerprint density at radius 3 is 2.43 bits per heavy atom. The highest BCUT2D eigenvalue weighted by atomic mass is 16.3. The lowest BCUT2D eigenvalue weighted by molar-refractivity contribution is 0.378. The summed E-state index contributed by atoms with van der Waals surface area (Å²) >= 11 is 0. The maximum Gasteiger partial charge on any atom is 0.134 e. The van der Waals surface area contributed by atoms with Gasteiger partial charge in [0.25, 0.3) is 0 Å². The maximum absolute atomic E-state index is 6.12. The van der Waals surface area contributed by atoms with Gasteiger partial charge < -0.3 is 9.73 Å².